The number of hydrogen-bond acceptors (Lipinski definition) is 6. The molecule has 1 heterocycles. The Bertz CT molecular complexity index is 1120. The van der Waals surface area contributed by atoms with Gasteiger partial charge in [0.2, 0.25) is 5.91 Å². The highest BCUT2D eigenvalue weighted by molar-refractivity contribution is 6.00. The molecule has 1 saturated carbocycles. The van der Waals surface area contributed by atoms with Crippen molar-refractivity contribution in [1.82, 2.24) is 9.80 Å². The molecule has 1 aliphatic carbocycles. The molecular weight excluding hydrogens is 494 g/mol. The molecule has 4 rings (SSSR count). The normalized spacial score (nSPS) is 21.0. The molecule has 2 N–H and O–H groups in total. The minimum absolute atomic E-state index is 0.0149. The third kappa shape index (κ3) is 7.31. The van der Waals surface area contributed by atoms with Crippen LogP contribution in [0.25, 0.3) is 0 Å². The number of likely N-dealkylation sites (N-methyl/N-ethyl adjacent to an activating group) is 1. The van der Waals surface area contributed by atoms with Gasteiger partial charge < -0.3 is 24.8 Å². The van der Waals surface area contributed by atoms with Gasteiger partial charge in [-0.2, -0.15) is 0 Å². The Labute approximate surface area is 232 Å². The average molecular weight is 538 g/mol. The third-order valence-corrected chi connectivity index (χ3v) is 8.01. The highest BCUT2D eigenvalue weighted by Crippen LogP contribution is 2.32. The van der Waals surface area contributed by atoms with Crippen molar-refractivity contribution >= 4 is 17.5 Å². The van der Waals surface area contributed by atoms with Crippen molar-refractivity contribution in [2.75, 3.05) is 39.2 Å². The van der Waals surface area contributed by atoms with Crippen LogP contribution in [0.5, 0.6) is 11.5 Å². The van der Waals surface area contributed by atoms with E-state index in [4.69, 9.17) is 9.47 Å². The van der Waals surface area contributed by atoms with Crippen LogP contribution in [0.4, 0.5) is 5.69 Å². The summed E-state index contributed by atoms with van der Waals surface area (Å²) in [5.41, 5.74) is 2.17. The van der Waals surface area contributed by atoms with Crippen LogP contribution in [-0.4, -0.2) is 72.7 Å². The van der Waals surface area contributed by atoms with Gasteiger partial charge in [-0.25, -0.2) is 0 Å². The van der Waals surface area contributed by atoms with Gasteiger partial charge in [0.25, 0.3) is 5.91 Å². The van der Waals surface area contributed by atoms with E-state index in [2.05, 4.69) is 36.3 Å². The second-order valence-electron chi connectivity index (χ2n) is 11.2. The van der Waals surface area contributed by atoms with Gasteiger partial charge in [0.15, 0.2) is 0 Å². The zero-order valence-electron chi connectivity index (χ0n) is 23.7. The molecule has 3 atom stereocenters. The van der Waals surface area contributed by atoms with Crippen molar-refractivity contribution in [2.24, 2.45) is 11.8 Å². The van der Waals surface area contributed by atoms with E-state index in [1.54, 1.807) is 24.1 Å². The maximum Gasteiger partial charge on any atom is 0.258 e. The quantitative estimate of drug-likeness (QED) is 0.487. The number of nitrogens with zero attached hydrogens (tertiary/aromatic N) is 2. The zero-order valence-corrected chi connectivity index (χ0v) is 23.7. The molecule has 2 amide bonds. The fourth-order valence-corrected chi connectivity index (χ4v) is 5.54. The van der Waals surface area contributed by atoms with Crippen molar-refractivity contribution in [1.29, 1.82) is 0 Å². The fraction of sp³-hybridized carbons (Fsp3) is 0.548. The Morgan fingerprint density at radius 2 is 1.90 bits per heavy atom. The predicted molar refractivity (Wildman–Crippen MR) is 152 cm³/mol. The second-order valence-corrected chi connectivity index (χ2v) is 11.2. The third-order valence-electron chi connectivity index (χ3n) is 8.01. The van der Waals surface area contributed by atoms with Crippen LogP contribution in [0.2, 0.25) is 0 Å². The fourth-order valence-electron chi connectivity index (χ4n) is 5.54. The molecule has 0 saturated heterocycles. The summed E-state index contributed by atoms with van der Waals surface area (Å²) >= 11 is 0. The molecule has 1 aliphatic heterocycles. The number of nitrogens with one attached hydrogen (secondary N) is 1. The molecule has 2 aliphatic rings. The van der Waals surface area contributed by atoms with Gasteiger partial charge in [0.05, 0.1) is 25.3 Å². The molecule has 0 bridgehead atoms. The van der Waals surface area contributed by atoms with Crippen LogP contribution in [0.3, 0.4) is 0 Å². The van der Waals surface area contributed by atoms with Gasteiger partial charge >= 0.3 is 0 Å². The smallest absolute Gasteiger partial charge is 0.258 e. The Morgan fingerprint density at radius 3 is 2.56 bits per heavy atom. The van der Waals surface area contributed by atoms with Gasteiger partial charge in [0.1, 0.15) is 17.6 Å². The average Bonchev–Trinajstić information content (AvgIpc) is 2.95. The number of anilines is 1. The van der Waals surface area contributed by atoms with E-state index in [-0.39, 0.29) is 42.4 Å². The lowest BCUT2D eigenvalue weighted by atomic mass is 9.88. The van der Waals surface area contributed by atoms with Gasteiger partial charge in [-0.1, -0.05) is 38.3 Å². The van der Waals surface area contributed by atoms with E-state index < -0.39 is 0 Å². The first kappa shape index (κ1) is 28.9. The number of carbonyl (C=O) groups is 2. The summed E-state index contributed by atoms with van der Waals surface area (Å²) in [6, 6.07) is 13.0. The molecular formula is C31H43N3O5. The standard InChI is InChI=1S/C31H43N3O5/c1-21-17-34(22(2)20-35)31(37)27-16-25(32-30(36)24-8-6-5-7-9-24)12-15-28(27)39-29(21)19-33(3)18-23-10-13-26(38-4)14-11-23/h10-16,21-22,24,29,35H,5-9,17-20H2,1-4H3,(H,32,36)/t21-,22+,29-/m0/s1. The van der Waals surface area contributed by atoms with Crippen LogP contribution in [-0.2, 0) is 11.3 Å². The number of methoxy groups -OCH3 is 1. The Morgan fingerprint density at radius 1 is 1.18 bits per heavy atom. The van der Waals surface area contributed by atoms with Gasteiger partial charge in [0, 0.05) is 37.2 Å². The van der Waals surface area contributed by atoms with E-state index >= 15 is 0 Å². The molecule has 0 unspecified atom stereocenters. The summed E-state index contributed by atoms with van der Waals surface area (Å²) in [7, 11) is 3.72. The summed E-state index contributed by atoms with van der Waals surface area (Å²) in [4.78, 5) is 30.5. The van der Waals surface area contributed by atoms with Crippen LogP contribution in [0.1, 0.15) is 61.9 Å². The van der Waals surface area contributed by atoms with Crippen molar-refractivity contribution in [3.63, 3.8) is 0 Å². The molecule has 0 spiro atoms. The Hall–Kier alpha value is -3.10. The SMILES string of the molecule is COc1ccc(CN(C)C[C@@H]2Oc3ccc(NC(=O)C4CCCCC4)cc3C(=O)N([C@H](C)CO)C[C@@H]2C)cc1. The van der Waals surface area contributed by atoms with Crippen LogP contribution >= 0.6 is 0 Å². The number of benzene rings is 2. The highest BCUT2D eigenvalue weighted by atomic mass is 16.5. The van der Waals surface area contributed by atoms with E-state index in [0.717, 1.165) is 38.0 Å². The summed E-state index contributed by atoms with van der Waals surface area (Å²) in [6.07, 6.45) is 4.97. The summed E-state index contributed by atoms with van der Waals surface area (Å²) in [5, 5.41) is 13.0. The van der Waals surface area contributed by atoms with Gasteiger partial charge in [-0.05, 0) is 62.7 Å². The largest absolute Gasteiger partial charge is 0.497 e. The number of carbonyl (C=O) groups excluding carboxylic acids is 2. The molecule has 2 aromatic carbocycles. The van der Waals surface area contributed by atoms with Crippen molar-refractivity contribution in [3.05, 3.63) is 53.6 Å². The molecule has 8 nitrogen and oxygen atoms in total. The first-order valence-corrected chi connectivity index (χ1v) is 14.1. The second kappa shape index (κ2) is 13.3. The molecule has 39 heavy (non-hydrogen) atoms. The zero-order chi connectivity index (χ0) is 27.9. The summed E-state index contributed by atoms with van der Waals surface area (Å²) in [5.74, 6) is 1.19. The topological polar surface area (TPSA) is 91.3 Å². The number of aliphatic hydroxyl groups excluding tert-OH is 1. The molecule has 8 heteroatoms. The predicted octanol–water partition coefficient (Wildman–Crippen LogP) is 4.57. The minimum Gasteiger partial charge on any atom is -0.497 e. The van der Waals surface area contributed by atoms with Crippen LogP contribution in [0, 0.1) is 11.8 Å². The Balaban J connectivity index is 1.55. The monoisotopic (exact) mass is 537 g/mol. The lowest BCUT2D eigenvalue weighted by Crippen LogP contribution is -2.49. The van der Waals surface area contributed by atoms with E-state index in [1.165, 1.54) is 12.0 Å². The lowest BCUT2D eigenvalue weighted by molar-refractivity contribution is -0.120. The first-order valence-electron chi connectivity index (χ1n) is 14.1. The van der Waals surface area contributed by atoms with E-state index in [9.17, 15) is 14.7 Å². The lowest BCUT2D eigenvalue weighted by Gasteiger charge is -2.38. The van der Waals surface area contributed by atoms with Crippen LogP contribution < -0.4 is 14.8 Å². The number of fused-ring (bicyclic) bond motifs is 1. The molecule has 212 valence electrons. The molecule has 0 radical (unpaired) electrons. The number of ether oxygens (including phenoxy) is 2. The van der Waals surface area contributed by atoms with Gasteiger partial charge in [-0.15, -0.1) is 0 Å². The molecule has 0 aromatic heterocycles. The highest BCUT2D eigenvalue weighted by Gasteiger charge is 2.34. The number of hydrogen-bond donors (Lipinski definition) is 2. The summed E-state index contributed by atoms with van der Waals surface area (Å²) < 4.78 is 11.8. The minimum atomic E-state index is -0.343. The maximum absolute atomic E-state index is 13.7. The first-order chi connectivity index (χ1) is 18.8. The number of amides is 2. The van der Waals surface area contributed by atoms with Gasteiger partial charge in [-0.3, -0.25) is 14.5 Å². The van der Waals surface area contributed by atoms with E-state index in [0.29, 0.717) is 30.1 Å². The van der Waals surface area contributed by atoms with Crippen LogP contribution in [0.15, 0.2) is 42.5 Å². The molecule has 1 fully saturated rings. The maximum atomic E-state index is 13.7. The number of aliphatic hydroxyl groups is 1. The van der Waals surface area contributed by atoms with Crippen molar-refractivity contribution in [3.8, 4) is 11.5 Å². The molecule has 2 aromatic rings. The van der Waals surface area contributed by atoms with E-state index in [1.807, 2.05) is 25.1 Å². The Kier molecular flexibility index (Phi) is 9.86. The van der Waals surface area contributed by atoms with Crippen molar-refractivity contribution in [2.45, 2.75) is 64.6 Å². The van der Waals surface area contributed by atoms with Crippen molar-refractivity contribution < 1.29 is 24.2 Å². The number of rotatable bonds is 9. The summed E-state index contributed by atoms with van der Waals surface area (Å²) in [6.45, 7) is 5.66.